The number of carbonyl (C=O) groups is 1. The molecule has 4 rings (SSSR count). The van der Waals surface area contributed by atoms with E-state index < -0.39 is 12.3 Å². The van der Waals surface area contributed by atoms with Crippen molar-refractivity contribution in [2.75, 3.05) is 13.6 Å². The van der Waals surface area contributed by atoms with Crippen molar-refractivity contribution in [1.29, 1.82) is 0 Å². The molecular formula is C14H21F2NO. The third-order valence-corrected chi connectivity index (χ3v) is 5.30. The summed E-state index contributed by atoms with van der Waals surface area (Å²) in [5.41, 5.74) is 0.161. The molecule has 4 saturated carbocycles. The van der Waals surface area contributed by atoms with Crippen LogP contribution >= 0.6 is 0 Å². The van der Waals surface area contributed by atoms with E-state index in [2.05, 4.69) is 0 Å². The maximum atomic E-state index is 12.4. The zero-order chi connectivity index (χ0) is 12.9. The Morgan fingerprint density at radius 3 is 2.00 bits per heavy atom. The molecule has 0 radical (unpaired) electrons. The first kappa shape index (κ1) is 12.4. The molecular weight excluding hydrogens is 236 g/mol. The maximum absolute atomic E-state index is 12.4. The molecule has 4 fully saturated rings. The highest BCUT2D eigenvalue weighted by molar-refractivity contribution is 5.79. The third kappa shape index (κ3) is 2.04. The topological polar surface area (TPSA) is 20.3 Å². The van der Waals surface area contributed by atoms with Crippen LogP contribution in [0.3, 0.4) is 0 Å². The minimum atomic E-state index is -2.86. The molecule has 18 heavy (non-hydrogen) atoms. The van der Waals surface area contributed by atoms with Crippen LogP contribution in [0.5, 0.6) is 0 Å². The lowest BCUT2D eigenvalue weighted by Gasteiger charge is -2.57. The van der Waals surface area contributed by atoms with Gasteiger partial charge in [-0.2, -0.15) is 8.78 Å². The fourth-order valence-corrected chi connectivity index (χ4v) is 5.23. The lowest BCUT2D eigenvalue weighted by Crippen LogP contribution is -2.52. The summed E-state index contributed by atoms with van der Waals surface area (Å²) >= 11 is 0. The van der Waals surface area contributed by atoms with Crippen LogP contribution < -0.4 is 0 Å². The Morgan fingerprint density at radius 1 is 1.17 bits per heavy atom. The van der Waals surface area contributed by atoms with Crippen molar-refractivity contribution in [3.05, 3.63) is 0 Å². The molecule has 102 valence electrons. The Hall–Kier alpha value is -0.670. The van der Waals surface area contributed by atoms with Crippen LogP contribution in [-0.2, 0) is 4.79 Å². The number of hydrogen-bond acceptors (Lipinski definition) is 1. The Kier molecular flexibility index (Phi) is 2.87. The van der Waals surface area contributed by atoms with E-state index in [1.807, 2.05) is 0 Å². The normalized spacial score (nSPS) is 41.4. The third-order valence-electron chi connectivity index (χ3n) is 5.30. The number of carbonyl (C=O) groups excluding carboxylic acids is 1. The zero-order valence-electron chi connectivity index (χ0n) is 10.9. The van der Waals surface area contributed by atoms with Gasteiger partial charge < -0.3 is 4.90 Å². The van der Waals surface area contributed by atoms with Gasteiger partial charge in [0, 0.05) is 13.6 Å². The summed E-state index contributed by atoms with van der Waals surface area (Å²) in [6.07, 6.45) is 4.62. The highest BCUT2D eigenvalue weighted by Gasteiger charge is 2.51. The van der Waals surface area contributed by atoms with Gasteiger partial charge in [-0.3, -0.25) is 4.79 Å². The highest BCUT2D eigenvalue weighted by Crippen LogP contribution is 2.60. The van der Waals surface area contributed by atoms with Gasteiger partial charge >= 0.3 is 6.43 Å². The largest absolute Gasteiger partial charge is 0.340 e. The van der Waals surface area contributed by atoms with Gasteiger partial charge in [0.2, 0.25) is 0 Å². The van der Waals surface area contributed by atoms with E-state index in [0.717, 1.165) is 37.0 Å². The van der Waals surface area contributed by atoms with E-state index in [9.17, 15) is 13.6 Å². The molecule has 0 N–H and O–H groups in total. The molecule has 4 bridgehead atoms. The van der Waals surface area contributed by atoms with E-state index in [1.54, 1.807) is 0 Å². The fraction of sp³-hybridized carbons (Fsp3) is 0.929. The van der Waals surface area contributed by atoms with Gasteiger partial charge in [0.05, 0.1) is 0 Å². The van der Waals surface area contributed by atoms with Crippen LogP contribution in [0.15, 0.2) is 0 Å². The molecule has 0 saturated heterocycles. The van der Waals surface area contributed by atoms with Gasteiger partial charge in [-0.15, -0.1) is 0 Å². The lowest BCUT2D eigenvalue weighted by atomic mass is 9.49. The van der Waals surface area contributed by atoms with Gasteiger partial charge in [-0.05, 0) is 61.7 Å². The lowest BCUT2D eigenvalue weighted by molar-refractivity contribution is -0.146. The predicted molar refractivity (Wildman–Crippen MR) is 64.2 cm³/mol. The van der Waals surface area contributed by atoms with Crippen molar-refractivity contribution in [1.82, 2.24) is 4.90 Å². The second-order valence-electron chi connectivity index (χ2n) is 6.91. The van der Waals surface area contributed by atoms with E-state index in [1.165, 1.54) is 31.2 Å². The van der Waals surface area contributed by atoms with Crippen molar-refractivity contribution >= 4 is 5.91 Å². The van der Waals surface area contributed by atoms with Crippen molar-refractivity contribution < 1.29 is 13.6 Å². The summed E-state index contributed by atoms with van der Waals surface area (Å²) in [7, 11) is 1.53. The quantitative estimate of drug-likeness (QED) is 0.761. The minimum absolute atomic E-state index is 0.161. The minimum Gasteiger partial charge on any atom is -0.340 e. The Bertz CT molecular complexity index is 320. The molecule has 0 aromatic carbocycles. The summed E-state index contributed by atoms with van der Waals surface area (Å²) in [6.45, 7) is 0.541. The molecule has 0 spiro atoms. The first-order valence-corrected chi connectivity index (χ1v) is 7.00. The highest BCUT2D eigenvalue weighted by atomic mass is 19.3. The van der Waals surface area contributed by atoms with Crippen molar-refractivity contribution in [2.24, 2.45) is 23.2 Å². The number of amides is 1. The summed E-state index contributed by atoms with van der Waals surface area (Å²) in [4.78, 5) is 12.6. The van der Waals surface area contributed by atoms with Crippen LogP contribution in [0, 0.1) is 23.2 Å². The molecule has 4 heteroatoms. The Morgan fingerprint density at radius 2 is 1.61 bits per heavy atom. The second kappa shape index (κ2) is 4.17. The Labute approximate surface area is 107 Å². The second-order valence-corrected chi connectivity index (χ2v) is 6.91. The SMILES string of the molecule is CN(CC12CC3CC(CC(C3)C1)C2)C(=O)C(F)F. The molecule has 0 aromatic heterocycles. The standard InChI is InChI=1S/C14H21F2NO/c1-17(13(18)12(15)16)8-14-5-9-2-10(6-14)4-11(3-9)7-14/h9-12H,2-8H2,1H3. The van der Waals surface area contributed by atoms with E-state index >= 15 is 0 Å². The monoisotopic (exact) mass is 257 g/mol. The fourth-order valence-electron chi connectivity index (χ4n) is 5.23. The summed E-state index contributed by atoms with van der Waals surface area (Å²) < 4.78 is 24.9. The average Bonchev–Trinajstić information content (AvgIpc) is 2.24. The van der Waals surface area contributed by atoms with Gasteiger partial charge in [-0.25, -0.2) is 0 Å². The first-order chi connectivity index (χ1) is 8.47. The molecule has 0 aliphatic heterocycles. The molecule has 4 aliphatic rings. The predicted octanol–water partition coefficient (Wildman–Crippen LogP) is 2.93. The first-order valence-electron chi connectivity index (χ1n) is 7.00. The smallest absolute Gasteiger partial charge is 0.315 e. The maximum Gasteiger partial charge on any atom is 0.315 e. The number of nitrogens with zero attached hydrogens (tertiary/aromatic N) is 1. The van der Waals surface area contributed by atoms with Gasteiger partial charge in [0.15, 0.2) is 0 Å². The van der Waals surface area contributed by atoms with Crippen LogP contribution in [-0.4, -0.2) is 30.8 Å². The van der Waals surface area contributed by atoms with Gasteiger partial charge in [-0.1, -0.05) is 0 Å². The van der Waals surface area contributed by atoms with Crippen LogP contribution in [0.2, 0.25) is 0 Å². The average molecular weight is 257 g/mol. The molecule has 0 unspecified atom stereocenters. The summed E-state index contributed by atoms with van der Waals surface area (Å²) in [5.74, 6) is 1.38. The molecule has 0 atom stereocenters. The molecule has 1 amide bonds. The number of halogens is 2. The number of alkyl halides is 2. The molecule has 4 aliphatic carbocycles. The zero-order valence-corrected chi connectivity index (χ0v) is 10.9. The van der Waals surface area contributed by atoms with Gasteiger partial charge in [0.1, 0.15) is 0 Å². The Balaban J connectivity index is 1.70. The van der Waals surface area contributed by atoms with Gasteiger partial charge in [0.25, 0.3) is 5.91 Å². The molecule has 0 aromatic rings. The molecule has 0 heterocycles. The van der Waals surface area contributed by atoms with E-state index in [0.29, 0.717) is 6.54 Å². The van der Waals surface area contributed by atoms with Crippen molar-refractivity contribution in [3.63, 3.8) is 0 Å². The van der Waals surface area contributed by atoms with Crippen LogP contribution in [0.1, 0.15) is 38.5 Å². The summed E-state index contributed by atoms with van der Waals surface area (Å²) in [6, 6.07) is 0. The molecule has 2 nitrogen and oxygen atoms in total. The van der Waals surface area contributed by atoms with Crippen molar-refractivity contribution in [2.45, 2.75) is 45.0 Å². The van der Waals surface area contributed by atoms with E-state index in [-0.39, 0.29) is 5.41 Å². The number of rotatable bonds is 3. The van der Waals surface area contributed by atoms with Crippen LogP contribution in [0.4, 0.5) is 8.78 Å². The van der Waals surface area contributed by atoms with Crippen LogP contribution in [0.25, 0.3) is 0 Å². The van der Waals surface area contributed by atoms with E-state index in [4.69, 9.17) is 0 Å². The number of hydrogen-bond donors (Lipinski definition) is 0. The van der Waals surface area contributed by atoms with Crippen molar-refractivity contribution in [3.8, 4) is 0 Å². The summed E-state index contributed by atoms with van der Waals surface area (Å²) in [5, 5.41) is 0.